The van der Waals surface area contributed by atoms with Crippen molar-refractivity contribution in [2.45, 2.75) is 30.5 Å². The van der Waals surface area contributed by atoms with Crippen LogP contribution in [0.4, 0.5) is 0 Å². The van der Waals surface area contributed by atoms with Gasteiger partial charge in [0.05, 0.1) is 33.3 Å². The van der Waals surface area contributed by atoms with Gasteiger partial charge in [0.2, 0.25) is 0 Å². The van der Waals surface area contributed by atoms with E-state index in [9.17, 15) is 5.11 Å². The summed E-state index contributed by atoms with van der Waals surface area (Å²) >= 11 is 3.47. The number of nitrogens with zero attached hydrogens (tertiary/aromatic N) is 3. The summed E-state index contributed by atoms with van der Waals surface area (Å²) in [5.74, 6) is 1.49. The van der Waals surface area contributed by atoms with Crippen molar-refractivity contribution in [2.75, 3.05) is 20.8 Å². The van der Waals surface area contributed by atoms with Crippen LogP contribution >= 0.6 is 22.7 Å². The number of thiophene rings is 2. The maximum Gasteiger partial charge on any atom is 0.162 e. The molecule has 0 saturated carbocycles. The molecule has 3 atom stereocenters. The smallest absolute Gasteiger partial charge is 0.162 e. The number of methoxy groups -OCH3 is 2. The van der Waals surface area contributed by atoms with E-state index in [0.717, 1.165) is 44.1 Å². The second-order valence-corrected chi connectivity index (χ2v) is 14.1. The van der Waals surface area contributed by atoms with Crippen molar-refractivity contribution >= 4 is 33.8 Å². The number of pyridine rings is 1. The molecule has 8 nitrogen and oxygen atoms in total. The Morgan fingerprint density at radius 1 is 0.780 bits per heavy atom. The summed E-state index contributed by atoms with van der Waals surface area (Å²) in [6.45, 7) is 0.122. The molecule has 7 aromatic rings. The Bertz CT molecular complexity index is 2130. The van der Waals surface area contributed by atoms with E-state index in [-0.39, 0.29) is 6.61 Å². The highest BCUT2D eigenvalue weighted by Crippen LogP contribution is 2.44. The zero-order valence-corrected chi connectivity index (χ0v) is 29.1. The summed E-state index contributed by atoms with van der Waals surface area (Å²) in [7, 11) is 3.30. The predicted octanol–water partition coefficient (Wildman–Crippen LogP) is 8.56. The van der Waals surface area contributed by atoms with Crippen LogP contribution in [0.25, 0.3) is 31.4 Å². The first kappa shape index (κ1) is 32.4. The van der Waals surface area contributed by atoms with Crippen LogP contribution in [0.2, 0.25) is 0 Å². The van der Waals surface area contributed by atoms with Crippen molar-refractivity contribution < 1.29 is 24.1 Å². The number of benzene rings is 3. The molecule has 4 aromatic heterocycles. The molecule has 10 heteroatoms. The number of aromatic nitrogens is 3. The van der Waals surface area contributed by atoms with Crippen molar-refractivity contribution in [2.24, 2.45) is 0 Å². The number of aliphatic hydroxyl groups is 1. The topological polar surface area (TPSA) is 87.9 Å². The molecule has 0 spiro atoms. The Morgan fingerprint density at radius 3 is 2.12 bits per heavy atom. The van der Waals surface area contributed by atoms with E-state index in [0.29, 0.717) is 12.1 Å². The summed E-state index contributed by atoms with van der Waals surface area (Å²) in [5.41, 5.74) is 4.26. The fourth-order valence-electron chi connectivity index (χ4n) is 6.69. The Kier molecular flexibility index (Phi) is 8.94. The first-order chi connectivity index (χ1) is 24.6. The molecule has 1 aliphatic heterocycles. The van der Waals surface area contributed by atoms with E-state index < -0.39 is 24.0 Å². The lowest BCUT2D eigenvalue weighted by atomic mass is 9.80. The summed E-state index contributed by atoms with van der Waals surface area (Å²) in [4.78, 5) is 13.1. The van der Waals surface area contributed by atoms with Crippen LogP contribution < -0.4 is 9.47 Å². The van der Waals surface area contributed by atoms with Crippen molar-refractivity contribution in [3.63, 3.8) is 0 Å². The summed E-state index contributed by atoms with van der Waals surface area (Å²) in [6, 6.07) is 36.4. The fraction of sp³-hybridized carbons (Fsp3) is 0.200. The third kappa shape index (κ3) is 5.89. The maximum absolute atomic E-state index is 11.4. The van der Waals surface area contributed by atoms with Gasteiger partial charge in [-0.15, -0.1) is 22.7 Å². The van der Waals surface area contributed by atoms with Gasteiger partial charge in [0.25, 0.3) is 0 Å². The molecule has 8 rings (SSSR count). The molecule has 0 unspecified atom stereocenters. The van der Waals surface area contributed by atoms with Gasteiger partial charge in [-0.2, -0.15) is 0 Å². The van der Waals surface area contributed by atoms with E-state index >= 15 is 0 Å². The lowest BCUT2D eigenvalue weighted by Crippen LogP contribution is -2.38. The number of aliphatic hydroxyl groups excluding tert-OH is 1. The lowest BCUT2D eigenvalue weighted by molar-refractivity contribution is -0.0931. The molecule has 0 radical (unpaired) electrons. The van der Waals surface area contributed by atoms with Gasteiger partial charge in [-0.25, -0.2) is 9.97 Å². The fourth-order valence-corrected chi connectivity index (χ4v) is 8.56. The number of ether oxygens (including phenoxy) is 4. The second-order valence-electron chi connectivity index (χ2n) is 12.1. The average molecular weight is 702 g/mol. The molecule has 1 N–H and O–H groups in total. The van der Waals surface area contributed by atoms with Crippen LogP contribution in [0.5, 0.6) is 11.5 Å². The van der Waals surface area contributed by atoms with E-state index in [2.05, 4.69) is 41.8 Å². The summed E-state index contributed by atoms with van der Waals surface area (Å²) in [6.07, 6.45) is 2.10. The van der Waals surface area contributed by atoms with Gasteiger partial charge < -0.3 is 24.1 Å². The van der Waals surface area contributed by atoms with Crippen molar-refractivity contribution in [3.8, 4) is 31.7 Å². The summed E-state index contributed by atoms with van der Waals surface area (Å²) < 4.78 is 26.5. The highest BCUT2D eigenvalue weighted by molar-refractivity contribution is 7.23. The Labute approximate surface area is 298 Å². The molecule has 252 valence electrons. The van der Waals surface area contributed by atoms with Crippen LogP contribution in [0.3, 0.4) is 0 Å². The number of hydrogen-bond donors (Lipinski definition) is 1. The monoisotopic (exact) mass is 701 g/mol. The standard InChI is InChI=1S/C40H35N3O5S2/c1-45-29-14-10-27(11-15-29)40(26-7-4-3-5-8-26,28-12-16-30(46-2)17-13-28)47-24-33-32(44)23-37(48-33)43-25-42-38-31(20-21-41-39(38)43)34-18-19-36(50-34)35-9-6-22-49-35/h3-22,25,32-33,37,44H,23-24H2,1-2H3/t32-,33+,37+/m0/s1. The highest BCUT2D eigenvalue weighted by atomic mass is 32.1. The normalized spacial score (nSPS) is 17.7. The lowest BCUT2D eigenvalue weighted by Gasteiger charge is -2.37. The van der Waals surface area contributed by atoms with E-state index in [4.69, 9.17) is 28.9 Å². The molecule has 1 fully saturated rings. The van der Waals surface area contributed by atoms with E-state index in [1.54, 1.807) is 43.2 Å². The van der Waals surface area contributed by atoms with E-state index in [1.807, 2.05) is 83.6 Å². The molecule has 3 aromatic carbocycles. The number of hydrogen-bond acceptors (Lipinski definition) is 9. The van der Waals surface area contributed by atoms with Crippen LogP contribution in [0.1, 0.15) is 29.3 Å². The predicted molar refractivity (Wildman–Crippen MR) is 197 cm³/mol. The Morgan fingerprint density at radius 2 is 1.46 bits per heavy atom. The minimum Gasteiger partial charge on any atom is -0.497 e. The molecule has 0 bridgehead atoms. The van der Waals surface area contributed by atoms with Gasteiger partial charge in [0, 0.05) is 32.8 Å². The van der Waals surface area contributed by atoms with Crippen LogP contribution in [-0.4, -0.2) is 52.7 Å². The third-order valence-corrected chi connectivity index (χ3v) is 11.4. The Hall–Kier alpha value is -4.84. The van der Waals surface area contributed by atoms with Crippen LogP contribution in [0.15, 0.2) is 127 Å². The molecule has 5 heterocycles. The molecular weight excluding hydrogens is 667 g/mol. The maximum atomic E-state index is 11.4. The van der Waals surface area contributed by atoms with Crippen molar-refractivity contribution in [1.82, 2.24) is 14.5 Å². The summed E-state index contributed by atoms with van der Waals surface area (Å²) in [5, 5.41) is 13.5. The van der Waals surface area contributed by atoms with Gasteiger partial charge in [0.15, 0.2) is 5.65 Å². The van der Waals surface area contributed by atoms with Gasteiger partial charge in [0.1, 0.15) is 34.9 Å². The second kappa shape index (κ2) is 13.8. The SMILES string of the molecule is COc1ccc(C(OC[C@H]2O[C@@H](n3cnc4c(-c5ccc(-c6cccs6)s5)ccnc43)C[C@@H]2O)(c2ccccc2)c2ccc(OC)cc2)cc1. The highest BCUT2D eigenvalue weighted by Gasteiger charge is 2.42. The Balaban J connectivity index is 1.10. The minimum atomic E-state index is -1.03. The van der Waals surface area contributed by atoms with E-state index in [1.165, 1.54) is 9.75 Å². The first-order valence-electron chi connectivity index (χ1n) is 16.3. The number of rotatable bonds is 11. The molecule has 50 heavy (non-hydrogen) atoms. The molecular formula is C40H35N3O5S2. The minimum absolute atomic E-state index is 0.122. The zero-order chi connectivity index (χ0) is 34.1. The molecule has 1 aliphatic rings. The average Bonchev–Trinajstić information content (AvgIpc) is 4.00. The first-order valence-corrected chi connectivity index (χ1v) is 18.0. The van der Waals surface area contributed by atoms with Gasteiger partial charge in [-0.1, -0.05) is 60.7 Å². The quantitative estimate of drug-likeness (QED) is 0.135. The molecule has 0 amide bonds. The van der Waals surface area contributed by atoms with Gasteiger partial charge >= 0.3 is 0 Å². The van der Waals surface area contributed by atoms with Crippen LogP contribution in [0, 0.1) is 0 Å². The van der Waals surface area contributed by atoms with Gasteiger partial charge in [-0.05, 0) is 70.6 Å². The third-order valence-electron chi connectivity index (χ3n) is 9.25. The van der Waals surface area contributed by atoms with Crippen molar-refractivity contribution in [1.29, 1.82) is 0 Å². The molecule has 1 saturated heterocycles. The van der Waals surface area contributed by atoms with Crippen LogP contribution in [-0.2, 0) is 15.1 Å². The molecule has 0 aliphatic carbocycles. The van der Waals surface area contributed by atoms with Gasteiger partial charge in [-0.3, -0.25) is 4.57 Å². The number of fused-ring (bicyclic) bond motifs is 1. The number of imidazole rings is 1. The zero-order valence-electron chi connectivity index (χ0n) is 27.5. The van der Waals surface area contributed by atoms with Crippen molar-refractivity contribution in [3.05, 3.63) is 144 Å². The largest absolute Gasteiger partial charge is 0.497 e.